The lowest BCUT2D eigenvalue weighted by molar-refractivity contribution is -0.116. The summed E-state index contributed by atoms with van der Waals surface area (Å²) >= 11 is 1.56. The topological polar surface area (TPSA) is 87.7 Å². The predicted molar refractivity (Wildman–Crippen MR) is 115 cm³/mol. The smallest absolute Gasteiger partial charge is 0.244 e. The predicted octanol–water partition coefficient (Wildman–Crippen LogP) is 3.86. The third kappa shape index (κ3) is 5.82. The Bertz CT molecular complexity index is 960. The Balaban J connectivity index is 1.46. The van der Waals surface area contributed by atoms with Crippen LogP contribution in [0.15, 0.2) is 77.1 Å². The van der Waals surface area contributed by atoms with Gasteiger partial charge in [-0.05, 0) is 59.3 Å². The Hall–Kier alpha value is -3.38. The van der Waals surface area contributed by atoms with Gasteiger partial charge in [-0.2, -0.15) is 0 Å². The van der Waals surface area contributed by atoms with Gasteiger partial charge in [-0.3, -0.25) is 4.79 Å². The SMILES string of the molecule is NC(=Nc1ccc(CCNC(=O)C=Cc2ccc(O)cc2)cc1)c1cccs1. The van der Waals surface area contributed by atoms with Crippen molar-refractivity contribution in [2.45, 2.75) is 6.42 Å². The fourth-order valence-corrected chi connectivity index (χ4v) is 3.13. The van der Waals surface area contributed by atoms with E-state index in [1.165, 1.54) is 6.08 Å². The number of nitrogens with two attached hydrogens (primary N) is 1. The van der Waals surface area contributed by atoms with E-state index >= 15 is 0 Å². The molecule has 0 fully saturated rings. The van der Waals surface area contributed by atoms with E-state index in [0.29, 0.717) is 12.4 Å². The van der Waals surface area contributed by atoms with E-state index < -0.39 is 0 Å². The van der Waals surface area contributed by atoms with Crippen molar-refractivity contribution in [3.8, 4) is 5.75 Å². The molecule has 1 amide bonds. The van der Waals surface area contributed by atoms with E-state index in [2.05, 4.69) is 10.3 Å². The van der Waals surface area contributed by atoms with Crippen molar-refractivity contribution < 1.29 is 9.90 Å². The number of nitrogens with one attached hydrogen (secondary N) is 1. The number of rotatable bonds is 7. The molecule has 3 rings (SSSR count). The second kappa shape index (κ2) is 9.53. The van der Waals surface area contributed by atoms with Gasteiger partial charge in [-0.15, -0.1) is 11.3 Å². The molecule has 1 aromatic heterocycles. The lowest BCUT2D eigenvalue weighted by Crippen LogP contribution is -2.23. The second-order valence-corrected chi connectivity index (χ2v) is 7.05. The molecule has 3 aromatic rings. The molecule has 142 valence electrons. The zero-order chi connectivity index (χ0) is 19.8. The van der Waals surface area contributed by atoms with Crippen molar-refractivity contribution in [3.05, 3.63) is 88.1 Å². The normalized spacial score (nSPS) is 11.6. The van der Waals surface area contributed by atoms with Gasteiger partial charge in [0.15, 0.2) is 0 Å². The summed E-state index contributed by atoms with van der Waals surface area (Å²) in [5.74, 6) is 0.556. The van der Waals surface area contributed by atoms with Gasteiger partial charge in [-0.1, -0.05) is 30.3 Å². The summed E-state index contributed by atoms with van der Waals surface area (Å²) in [4.78, 5) is 17.3. The zero-order valence-electron chi connectivity index (χ0n) is 15.2. The molecule has 0 unspecified atom stereocenters. The highest BCUT2D eigenvalue weighted by molar-refractivity contribution is 7.12. The summed E-state index contributed by atoms with van der Waals surface area (Å²) in [6, 6.07) is 18.3. The van der Waals surface area contributed by atoms with Crippen LogP contribution in [0.1, 0.15) is 16.0 Å². The van der Waals surface area contributed by atoms with Gasteiger partial charge in [0.25, 0.3) is 0 Å². The molecule has 0 aliphatic carbocycles. The first-order valence-corrected chi connectivity index (χ1v) is 9.70. The molecule has 1 heterocycles. The highest BCUT2D eigenvalue weighted by Gasteiger charge is 2.01. The number of phenolic OH excluding ortho intramolecular Hbond substituents is 1. The number of amides is 1. The number of hydrogen-bond acceptors (Lipinski definition) is 4. The van der Waals surface area contributed by atoms with Crippen LogP contribution in [-0.4, -0.2) is 23.4 Å². The van der Waals surface area contributed by atoms with Gasteiger partial charge in [-0.25, -0.2) is 4.99 Å². The maximum absolute atomic E-state index is 11.9. The van der Waals surface area contributed by atoms with E-state index in [-0.39, 0.29) is 11.7 Å². The Morgan fingerprint density at radius 3 is 2.54 bits per heavy atom. The lowest BCUT2D eigenvalue weighted by Gasteiger charge is -2.04. The number of benzene rings is 2. The Morgan fingerprint density at radius 2 is 1.86 bits per heavy atom. The number of carbonyl (C=O) groups excluding carboxylic acids is 1. The quantitative estimate of drug-likeness (QED) is 0.325. The van der Waals surface area contributed by atoms with E-state index in [1.54, 1.807) is 41.7 Å². The molecule has 0 aliphatic rings. The number of nitrogens with zero attached hydrogens (tertiary/aromatic N) is 1. The van der Waals surface area contributed by atoms with Crippen LogP contribution in [0.2, 0.25) is 0 Å². The molecule has 4 N–H and O–H groups in total. The van der Waals surface area contributed by atoms with Crippen molar-refractivity contribution in [1.29, 1.82) is 0 Å². The number of thiophene rings is 1. The van der Waals surface area contributed by atoms with Gasteiger partial charge < -0.3 is 16.2 Å². The number of aromatic hydroxyl groups is 1. The van der Waals surface area contributed by atoms with Gasteiger partial charge in [0.05, 0.1) is 10.6 Å². The number of carbonyl (C=O) groups is 1. The van der Waals surface area contributed by atoms with Crippen LogP contribution in [0, 0.1) is 0 Å². The van der Waals surface area contributed by atoms with Crippen molar-refractivity contribution >= 4 is 34.8 Å². The fraction of sp³-hybridized carbons (Fsp3) is 0.0909. The van der Waals surface area contributed by atoms with Gasteiger partial charge in [0.1, 0.15) is 11.6 Å². The summed E-state index contributed by atoms with van der Waals surface area (Å²) in [5.41, 5.74) is 8.76. The van der Waals surface area contributed by atoms with Crippen LogP contribution in [-0.2, 0) is 11.2 Å². The number of hydrogen-bond donors (Lipinski definition) is 3. The maximum atomic E-state index is 11.9. The zero-order valence-corrected chi connectivity index (χ0v) is 16.0. The number of aliphatic imine (C=N–C) groups is 1. The largest absolute Gasteiger partial charge is 0.508 e. The standard InChI is InChI=1S/C22H21N3O2S/c23-22(20-2-1-15-28-20)25-18-8-3-17(4-9-18)13-14-24-21(27)12-7-16-5-10-19(26)11-6-16/h1-12,15,26H,13-14H2,(H2,23,25)(H,24,27). The fourth-order valence-electron chi connectivity index (χ4n) is 2.50. The molecule has 0 spiro atoms. The van der Waals surface area contributed by atoms with Gasteiger partial charge in [0, 0.05) is 12.6 Å². The Labute approximate surface area is 167 Å². The molecule has 0 atom stereocenters. The monoisotopic (exact) mass is 391 g/mol. The third-order valence-corrected chi connectivity index (χ3v) is 4.89. The molecular weight excluding hydrogens is 370 g/mol. The molecular formula is C22H21N3O2S. The molecule has 0 saturated carbocycles. The van der Waals surface area contributed by atoms with Crippen LogP contribution in [0.25, 0.3) is 6.08 Å². The molecule has 28 heavy (non-hydrogen) atoms. The minimum atomic E-state index is -0.155. The van der Waals surface area contributed by atoms with Gasteiger partial charge >= 0.3 is 0 Å². The summed E-state index contributed by atoms with van der Waals surface area (Å²) in [5, 5.41) is 14.1. The third-order valence-electron chi connectivity index (χ3n) is 3.99. The summed E-state index contributed by atoms with van der Waals surface area (Å²) < 4.78 is 0. The Kier molecular flexibility index (Phi) is 6.59. The maximum Gasteiger partial charge on any atom is 0.244 e. The second-order valence-electron chi connectivity index (χ2n) is 6.11. The molecule has 0 radical (unpaired) electrons. The average Bonchev–Trinajstić information content (AvgIpc) is 3.24. The van der Waals surface area contributed by atoms with Crippen molar-refractivity contribution in [2.75, 3.05) is 6.54 Å². The van der Waals surface area contributed by atoms with E-state index in [4.69, 9.17) is 5.73 Å². The van der Waals surface area contributed by atoms with Crippen LogP contribution in [0.5, 0.6) is 5.75 Å². The summed E-state index contributed by atoms with van der Waals surface area (Å²) in [7, 11) is 0. The number of phenols is 1. The first-order valence-electron chi connectivity index (χ1n) is 8.82. The van der Waals surface area contributed by atoms with Crippen LogP contribution in [0.3, 0.4) is 0 Å². The van der Waals surface area contributed by atoms with E-state index in [0.717, 1.165) is 28.1 Å². The summed E-state index contributed by atoms with van der Waals surface area (Å²) in [6.45, 7) is 0.540. The van der Waals surface area contributed by atoms with Crippen molar-refractivity contribution in [1.82, 2.24) is 5.32 Å². The van der Waals surface area contributed by atoms with E-state index in [1.807, 2.05) is 41.8 Å². The molecule has 5 nitrogen and oxygen atoms in total. The van der Waals surface area contributed by atoms with Crippen LogP contribution in [0.4, 0.5) is 5.69 Å². The minimum absolute atomic E-state index is 0.155. The molecule has 2 aromatic carbocycles. The highest BCUT2D eigenvalue weighted by atomic mass is 32.1. The Morgan fingerprint density at radius 1 is 1.11 bits per heavy atom. The van der Waals surface area contributed by atoms with Crippen LogP contribution < -0.4 is 11.1 Å². The first kappa shape index (κ1) is 19.4. The van der Waals surface area contributed by atoms with Gasteiger partial charge in [0.2, 0.25) is 5.91 Å². The highest BCUT2D eigenvalue weighted by Crippen LogP contribution is 2.16. The van der Waals surface area contributed by atoms with Crippen molar-refractivity contribution in [3.63, 3.8) is 0 Å². The van der Waals surface area contributed by atoms with Crippen molar-refractivity contribution in [2.24, 2.45) is 10.7 Å². The minimum Gasteiger partial charge on any atom is -0.508 e. The molecule has 0 bridgehead atoms. The lowest BCUT2D eigenvalue weighted by atomic mass is 10.1. The average molecular weight is 391 g/mol. The summed E-state index contributed by atoms with van der Waals surface area (Å²) in [6.07, 6.45) is 3.92. The molecule has 0 aliphatic heterocycles. The molecule has 6 heteroatoms. The number of amidine groups is 1. The van der Waals surface area contributed by atoms with E-state index in [9.17, 15) is 9.90 Å². The molecule has 0 saturated heterocycles. The first-order chi connectivity index (χ1) is 13.6. The van der Waals surface area contributed by atoms with Crippen LogP contribution >= 0.6 is 11.3 Å².